The third-order valence-corrected chi connectivity index (χ3v) is 4.23. The molecule has 2 aromatic rings. The highest BCUT2D eigenvalue weighted by Crippen LogP contribution is 2.32. The van der Waals surface area contributed by atoms with E-state index in [1.807, 2.05) is 6.07 Å². The van der Waals surface area contributed by atoms with Crippen LogP contribution in [0.3, 0.4) is 0 Å². The van der Waals surface area contributed by atoms with E-state index in [2.05, 4.69) is 59.5 Å². The maximum absolute atomic E-state index is 9.65. The van der Waals surface area contributed by atoms with Crippen molar-refractivity contribution in [3.8, 4) is 0 Å². The predicted molar refractivity (Wildman–Crippen MR) is 81.5 cm³/mol. The average molecular weight is 267 g/mol. The number of aliphatic hydroxyl groups is 1. The molecular formula is C18H21NO. The summed E-state index contributed by atoms with van der Waals surface area (Å²) in [5.74, 6) is 0.797. The highest BCUT2D eigenvalue weighted by atomic mass is 16.3. The number of nitrogens with zero attached hydrogens (tertiary/aromatic N) is 1. The minimum atomic E-state index is 0.269. The van der Waals surface area contributed by atoms with E-state index in [1.54, 1.807) is 0 Å². The first kappa shape index (κ1) is 13.3. The Morgan fingerprint density at radius 3 is 2.20 bits per heavy atom. The Bertz CT molecular complexity index is 526. The third kappa shape index (κ3) is 2.92. The van der Waals surface area contributed by atoms with Crippen LogP contribution >= 0.6 is 0 Å². The molecule has 20 heavy (non-hydrogen) atoms. The molecule has 2 unspecified atom stereocenters. The van der Waals surface area contributed by atoms with Crippen LogP contribution in [0.15, 0.2) is 60.7 Å². The van der Waals surface area contributed by atoms with Crippen molar-refractivity contribution in [2.75, 3.05) is 19.7 Å². The van der Waals surface area contributed by atoms with Crippen molar-refractivity contribution in [1.82, 2.24) is 4.90 Å². The standard InChI is InChI=1S/C18H21NO/c20-14-17-12-19(11-15-7-3-1-4-8-15)13-18(17)16-9-5-2-6-10-16/h1-10,17-18,20H,11-14H2. The Morgan fingerprint density at radius 1 is 0.900 bits per heavy atom. The maximum Gasteiger partial charge on any atom is 0.0477 e. The van der Waals surface area contributed by atoms with Crippen LogP contribution in [0.1, 0.15) is 17.0 Å². The van der Waals surface area contributed by atoms with Crippen LogP contribution in [-0.4, -0.2) is 29.7 Å². The summed E-state index contributed by atoms with van der Waals surface area (Å²) in [4.78, 5) is 2.45. The molecule has 1 fully saturated rings. The van der Waals surface area contributed by atoms with Crippen LogP contribution < -0.4 is 0 Å². The molecule has 0 amide bonds. The van der Waals surface area contributed by atoms with Crippen molar-refractivity contribution in [1.29, 1.82) is 0 Å². The topological polar surface area (TPSA) is 23.5 Å². The van der Waals surface area contributed by atoms with Crippen LogP contribution in [0.4, 0.5) is 0 Å². The smallest absolute Gasteiger partial charge is 0.0477 e. The molecule has 1 N–H and O–H groups in total. The normalized spacial score (nSPS) is 23.1. The number of benzene rings is 2. The van der Waals surface area contributed by atoms with E-state index in [-0.39, 0.29) is 6.61 Å². The lowest BCUT2D eigenvalue weighted by atomic mass is 9.90. The molecule has 1 aliphatic heterocycles. The molecule has 2 aromatic carbocycles. The average Bonchev–Trinajstić information content (AvgIpc) is 2.92. The Kier molecular flexibility index (Phi) is 4.14. The second-order valence-electron chi connectivity index (χ2n) is 5.64. The van der Waals surface area contributed by atoms with Gasteiger partial charge < -0.3 is 5.11 Å². The monoisotopic (exact) mass is 267 g/mol. The lowest BCUT2D eigenvalue weighted by Gasteiger charge is -2.16. The van der Waals surface area contributed by atoms with Gasteiger partial charge in [-0.1, -0.05) is 60.7 Å². The van der Waals surface area contributed by atoms with E-state index in [0.29, 0.717) is 11.8 Å². The van der Waals surface area contributed by atoms with Gasteiger partial charge in [0.1, 0.15) is 0 Å². The van der Waals surface area contributed by atoms with E-state index in [0.717, 1.165) is 19.6 Å². The molecule has 0 saturated carbocycles. The second-order valence-corrected chi connectivity index (χ2v) is 5.64. The van der Waals surface area contributed by atoms with Crippen molar-refractivity contribution in [2.24, 2.45) is 5.92 Å². The fourth-order valence-corrected chi connectivity index (χ4v) is 3.19. The summed E-state index contributed by atoms with van der Waals surface area (Å²) in [6.45, 7) is 3.25. The number of hydrogen-bond acceptors (Lipinski definition) is 2. The van der Waals surface area contributed by atoms with Gasteiger partial charge in [-0.25, -0.2) is 0 Å². The Labute approximate surface area is 120 Å². The summed E-state index contributed by atoms with van der Waals surface area (Å²) in [6, 6.07) is 21.2. The third-order valence-electron chi connectivity index (χ3n) is 4.23. The predicted octanol–water partition coefficient (Wildman–Crippen LogP) is 2.89. The molecule has 104 valence electrons. The molecule has 2 heteroatoms. The van der Waals surface area contributed by atoms with Crippen LogP contribution in [-0.2, 0) is 6.54 Å². The Balaban J connectivity index is 1.71. The van der Waals surface area contributed by atoms with Crippen LogP contribution in [0.2, 0.25) is 0 Å². The Hall–Kier alpha value is -1.64. The maximum atomic E-state index is 9.65. The summed E-state index contributed by atoms with van der Waals surface area (Å²) >= 11 is 0. The summed E-state index contributed by atoms with van der Waals surface area (Å²) in [7, 11) is 0. The Morgan fingerprint density at radius 2 is 1.55 bits per heavy atom. The lowest BCUT2D eigenvalue weighted by Crippen LogP contribution is -2.20. The summed E-state index contributed by atoms with van der Waals surface area (Å²) in [5, 5.41) is 9.65. The van der Waals surface area contributed by atoms with E-state index in [4.69, 9.17) is 0 Å². The van der Waals surface area contributed by atoms with E-state index in [9.17, 15) is 5.11 Å². The fourth-order valence-electron chi connectivity index (χ4n) is 3.19. The van der Waals surface area contributed by atoms with Gasteiger partial charge in [-0.05, 0) is 11.1 Å². The molecular weight excluding hydrogens is 246 g/mol. The first-order valence-electron chi connectivity index (χ1n) is 7.29. The highest BCUT2D eigenvalue weighted by molar-refractivity contribution is 5.23. The summed E-state index contributed by atoms with van der Waals surface area (Å²) in [6.07, 6.45) is 0. The molecule has 1 saturated heterocycles. The van der Waals surface area contributed by atoms with Gasteiger partial charge in [-0.15, -0.1) is 0 Å². The molecule has 0 aliphatic carbocycles. The number of likely N-dealkylation sites (tertiary alicyclic amines) is 1. The first-order chi connectivity index (χ1) is 9.86. The molecule has 2 atom stereocenters. The molecule has 0 aromatic heterocycles. The SMILES string of the molecule is OCC1CN(Cc2ccccc2)CC1c1ccccc1. The van der Waals surface area contributed by atoms with Gasteiger partial charge in [0.25, 0.3) is 0 Å². The van der Waals surface area contributed by atoms with Gasteiger partial charge in [0.2, 0.25) is 0 Å². The largest absolute Gasteiger partial charge is 0.396 e. The number of hydrogen-bond donors (Lipinski definition) is 1. The first-order valence-corrected chi connectivity index (χ1v) is 7.29. The van der Waals surface area contributed by atoms with Gasteiger partial charge in [0, 0.05) is 38.1 Å². The quantitative estimate of drug-likeness (QED) is 0.920. The van der Waals surface area contributed by atoms with Gasteiger partial charge in [-0.2, -0.15) is 0 Å². The van der Waals surface area contributed by atoms with Crippen molar-refractivity contribution in [2.45, 2.75) is 12.5 Å². The zero-order valence-corrected chi connectivity index (χ0v) is 11.7. The fraction of sp³-hybridized carbons (Fsp3) is 0.333. The molecule has 1 aliphatic rings. The molecule has 0 bridgehead atoms. The van der Waals surface area contributed by atoms with Crippen LogP contribution in [0.5, 0.6) is 0 Å². The van der Waals surface area contributed by atoms with Crippen molar-refractivity contribution in [3.05, 3.63) is 71.8 Å². The van der Waals surface area contributed by atoms with Crippen molar-refractivity contribution >= 4 is 0 Å². The summed E-state index contributed by atoms with van der Waals surface area (Å²) < 4.78 is 0. The van der Waals surface area contributed by atoms with Crippen molar-refractivity contribution < 1.29 is 5.11 Å². The molecule has 3 rings (SSSR count). The highest BCUT2D eigenvalue weighted by Gasteiger charge is 2.32. The van der Waals surface area contributed by atoms with E-state index >= 15 is 0 Å². The van der Waals surface area contributed by atoms with Gasteiger partial charge in [-0.3, -0.25) is 4.90 Å². The van der Waals surface area contributed by atoms with Crippen LogP contribution in [0.25, 0.3) is 0 Å². The molecule has 0 radical (unpaired) electrons. The minimum absolute atomic E-state index is 0.269. The van der Waals surface area contributed by atoms with Gasteiger partial charge >= 0.3 is 0 Å². The van der Waals surface area contributed by atoms with Crippen molar-refractivity contribution in [3.63, 3.8) is 0 Å². The molecule has 2 nitrogen and oxygen atoms in total. The van der Waals surface area contributed by atoms with Crippen LogP contribution in [0, 0.1) is 5.92 Å². The second kappa shape index (κ2) is 6.21. The van der Waals surface area contributed by atoms with E-state index < -0.39 is 0 Å². The minimum Gasteiger partial charge on any atom is -0.396 e. The molecule has 1 heterocycles. The van der Waals surface area contributed by atoms with E-state index in [1.165, 1.54) is 11.1 Å². The zero-order valence-electron chi connectivity index (χ0n) is 11.7. The number of rotatable bonds is 4. The van der Waals surface area contributed by atoms with Gasteiger partial charge in [0.05, 0.1) is 0 Å². The number of aliphatic hydroxyl groups excluding tert-OH is 1. The molecule has 0 spiro atoms. The zero-order chi connectivity index (χ0) is 13.8. The van der Waals surface area contributed by atoms with Gasteiger partial charge in [0.15, 0.2) is 0 Å². The lowest BCUT2D eigenvalue weighted by molar-refractivity contribution is 0.214. The summed E-state index contributed by atoms with van der Waals surface area (Å²) in [5.41, 5.74) is 2.69.